The van der Waals surface area contributed by atoms with Gasteiger partial charge < -0.3 is 14.1 Å². The summed E-state index contributed by atoms with van der Waals surface area (Å²) < 4.78 is 11.1. The fourth-order valence-electron chi connectivity index (χ4n) is 2.71. The standard InChI is InChI=1S/C15H29NO3SSi/c1-11(20)18-8-7-16-13(15(2,3)4)9-12(14(16)17)10-19-21(5)6/h12-13,21H,7-10H2,1-6H3/t12?,13-/m1/s1. The third kappa shape index (κ3) is 5.68. The largest absolute Gasteiger partial charge is 0.486 e. The van der Waals surface area contributed by atoms with Crippen LogP contribution in [0, 0.1) is 11.3 Å². The number of amides is 1. The molecule has 122 valence electrons. The molecule has 0 aliphatic carbocycles. The van der Waals surface area contributed by atoms with Gasteiger partial charge in [-0.3, -0.25) is 4.79 Å². The normalized spacial score (nSPS) is 23.0. The van der Waals surface area contributed by atoms with Crippen LogP contribution in [-0.2, 0) is 14.0 Å². The van der Waals surface area contributed by atoms with Crippen molar-refractivity contribution >= 4 is 32.2 Å². The highest BCUT2D eigenvalue weighted by Crippen LogP contribution is 2.36. The van der Waals surface area contributed by atoms with E-state index in [0.717, 1.165) is 6.42 Å². The Labute approximate surface area is 135 Å². The van der Waals surface area contributed by atoms with Crippen molar-refractivity contribution in [2.75, 3.05) is 19.8 Å². The Balaban J connectivity index is 2.70. The van der Waals surface area contributed by atoms with E-state index in [2.05, 4.69) is 33.9 Å². The van der Waals surface area contributed by atoms with Crippen LogP contribution in [-0.4, -0.2) is 50.7 Å². The first-order chi connectivity index (χ1) is 9.62. The summed E-state index contributed by atoms with van der Waals surface area (Å²) in [7, 11) is -1.08. The van der Waals surface area contributed by atoms with Crippen LogP contribution < -0.4 is 0 Å². The first kappa shape index (κ1) is 18.6. The van der Waals surface area contributed by atoms with E-state index in [1.54, 1.807) is 6.92 Å². The molecule has 1 fully saturated rings. The number of nitrogens with zero attached hydrogens (tertiary/aromatic N) is 1. The number of hydrogen-bond donors (Lipinski definition) is 0. The van der Waals surface area contributed by atoms with Gasteiger partial charge in [-0.1, -0.05) is 20.8 Å². The van der Waals surface area contributed by atoms with Crippen LogP contribution in [0.4, 0.5) is 0 Å². The topological polar surface area (TPSA) is 38.8 Å². The van der Waals surface area contributed by atoms with E-state index in [1.165, 1.54) is 0 Å². The van der Waals surface area contributed by atoms with Crippen LogP contribution in [0.3, 0.4) is 0 Å². The van der Waals surface area contributed by atoms with E-state index in [9.17, 15) is 4.79 Å². The van der Waals surface area contributed by atoms with Gasteiger partial charge in [0.15, 0.2) is 14.1 Å². The van der Waals surface area contributed by atoms with Crippen molar-refractivity contribution in [3.8, 4) is 0 Å². The van der Waals surface area contributed by atoms with Gasteiger partial charge in [0.2, 0.25) is 5.91 Å². The summed E-state index contributed by atoms with van der Waals surface area (Å²) in [6, 6.07) is 0.237. The van der Waals surface area contributed by atoms with Crippen molar-refractivity contribution in [2.24, 2.45) is 11.3 Å². The number of likely N-dealkylation sites (tertiary alicyclic amines) is 1. The third-order valence-electron chi connectivity index (χ3n) is 3.78. The van der Waals surface area contributed by atoms with E-state index in [0.29, 0.717) is 24.8 Å². The smallest absolute Gasteiger partial charge is 0.228 e. The molecule has 1 aliphatic rings. The van der Waals surface area contributed by atoms with Gasteiger partial charge in [0.25, 0.3) is 0 Å². The molecule has 2 atom stereocenters. The van der Waals surface area contributed by atoms with Crippen LogP contribution in [0.1, 0.15) is 34.1 Å². The lowest BCUT2D eigenvalue weighted by Crippen LogP contribution is -2.43. The molecule has 1 rings (SSSR count). The Morgan fingerprint density at radius 2 is 2.05 bits per heavy atom. The fraction of sp³-hybridized carbons (Fsp3) is 0.867. The predicted octanol–water partition coefficient (Wildman–Crippen LogP) is 2.61. The maximum absolute atomic E-state index is 12.6. The van der Waals surface area contributed by atoms with Crippen molar-refractivity contribution in [1.82, 2.24) is 4.90 Å². The molecule has 1 unspecified atom stereocenters. The average Bonchev–Trinajstić information content (AvgIpc) is 2.64. The number of hydrogen-bond acceptors (Lipinski definition) is 4. The molecule has 0 saturated carbocycles. The number of carbonyl (C=O) groups excluding carboxylic acids is 1. The van der Waals surface area contributed by atoms with Gasteiger partial charge >= 0.3 is 0 Å². The summed E-state index contributed by atoms with van der Waals surface area (Å²) in [5.41, 5.74) is 0.0619. The van der Waals surface area contributed by atoms with E-state index < -0.39 is 9.04 Å². The minimum absolute atomic E-state index is 0.00213. The zero-order valence-corrected chi connectivity index (χ0v) is 16.1. The average molecular weight is 332 g/mol. The van der Waals surface area contributed by atoms with Crippen LogP contribution >= 0.6 is 12.2 Å². The molecule has 1 heterocycles. The summed E-state index contributed by atoms with van der Waals surface area (Å²) >= 11 is 4.92. The molecule has 0 radical (unpaired) electrons. The molecular formula is C15H29NO3SSi. The highest BCUT2D eigenvalue weighted by molar-refractivity contribution is 7.80. The Morgan fingerprint density at radius 3 is 2.52 bits per heavy atom. The SMILES string of the molecule is CC(=S)OCCN1C(=O)C(CO[SiH](C)C)C[C@@H]1C(C)(C)C. The van der Waals surface area contributed by atoms with Crippen LogP contribution in [0.25, 0.3) is 0 Å². The minimum Gasteiger partial charge on any atom is -0.486 e. The van der Waals surface area contributed by atoms with Crippen LogP contribution in [0.5, 0.6) is 0 Å². The van der Waals surface area contributed by atoms with Gasteiger partial charge in [-0.15, -0.1) is 0 Å². The van der Waals surface area contributed by atoms with E-state index in [-0.39, 0.29) is 23.3 Å². The molecule has 0 N–H and O–H groups in total. The van der Waals surface area contributed by atoms with Crippen molar-refractivity contribution in [3.05, 3.63) is 0 Å². The van der Waals surface area contributed by atoms with Gasteiger partial charge in [0.05, 0.1) is 12.5 Å². The van der Waals surface area contributed by atoms with Crippen molar-refractivity contribution < 1.29 is 14.0 Å². The van der Waals surface area contributed by atoms with Crippen molar-refractivity contribution in [1.29, 1.82) is 0 Å². The minimum atomic E-state index is -1.08. The number of carbonyl (C=O) groups is 1. The Hall–Kier alpha value is -0.463. The van der Waals surface area contributed by atoms with Gasteiger partial charge in [0, 0.05) is 19.6 Å². The molecule has 1 aliphatic heterocycles. The van der Waals surface area contributed by atoms with E-state index >= 15 is 0 Å². The van der Waals surface area contributed by atoms with Gasteiger partial charge in [0.1, 0.15) is 6.61 Å². The third-order valence-corrected chi connectivity index (χ3v) is 4.76. The molecule has 0 bridgehead atoms. The molecule has 1 amide bonds. The second-order valence-electron chi connectivity index (χ2n) is 7.07. The molecule has 1 saturated heterocycles. The zero-order valence-electron chi connectivity index (χ0n) is 14.1. The second kappa shape index (κ2) is 7.69. The molecular weight excluding hydrogens is 302 g/mol. The lowest BCUT2D eigenvalue weighted by atomic mass is 9.84. The van der Waals surface area contributed by atoms with Crippen molar-refractivity contribution in [2.45, 2.75) is 53.3 Å². The fourth-order valence-corrected chi connectivity index (χ4v) is 3.41. The maximum Gasteiger partial charge on any atom is 0.228 e. The molecule has 0 spiro atoms. The van der Waals surface area contributed by atoms with Crippen molar-refractivity contribution in [3.63, 3.8) is 0 Å². The van der Waals surface area contributed by atoms with Crippen LogP contribution in [0.15, 0.2) is 0 Å². The van der Waals surface area contributed by atoms with E-state index in [4.69, 9.17) is 21.4 Å². The van der Waals surface area contributed by atoms with E-state index in [1.807, 2.05) is 4.90 Å². The quantitative estimate of drug-likeness (QED) is 0.554. The summed E-state index contributed by atoms with van der Waals surface area (Å²) in [6.07, 6.45) is 0.875. The van der Waals surface area contributed by atoms with Crippen LogP contribution in [0.2, 0.25) is 13.1 Å². The predicted molar refractivity (Wildman–Crippen MR) is 92.1 cm³/mol. The first-order valence-electron chi connectivity index (χ1n) is 7.68. The van der Waals surface area contributed by atoms with Gasteiger partial charge in [-0.25, -0.2) is 0 Å². The molecule has 0 aromatic rings. The summed E-state index contributed by atoms with van der Waals surface area (Å²) in [5, 5.41) is 0.527. The lowest BCUT2D eigenvalue weighted by Gasteiger charge is -2.34. The lowest BCUT2D eigenvalue weighted by molar-refractivity contribution is -0.134. The number of ether oxygens (including phenoxy) is 1. The van der Waals surface area contributed by atoms with Gasteiger partial charge in [-0.2, -0.15) is 0 Å². The second-order valence-corrected chi connectivity index (χ2v) is 10.1. The number of rotatable bonds is 6. The number of thiocarbonyl (C=S) groups is 1. The summed E-state index contributed by atoms with van der Waals surface area (Å²) in [6.45, 7) is 14.2. The molecule has 4 nitrogen and oxygen atoms in total. The molecule has 0 aromatic carbocycles. The Morgan fingerprint density at radius 1 is 1.43 bits per heavy atom. The highest BCUT2D eigenvalue weighted by atomic mass is 32.1. The zero-order chi connectivity index (χ0) is 16.2. The highest BCUT2D eigenvalue weighted by Gasteiger charge is 2.44. The maximum atomic E-state index is 12.6. The Kier molecular flexibility index (Phi) is 6.81. The molecule has 0 aromatic heterocycles. The summed E-state index contributed by atoms with van der Waals surface area (Å²) in [4.78, 5) is 14.6. The van der Waals surface area contributed by atoms with Gasteiger partial charge in [-0.05, 0) is 37.1 Å². The molecule has 21 heavy (non-hydrogen) atoms. The first-order valence-corrected chi connectivity index (χ1v) is 10.9. The Bertz CT molecular complexity index is 382. The molecule has 6 heteroatoms. The monoisotopic (exact) mass is 331 g/mol. The summed E-state index contributed by atoms with van der Waals surface area (Å²) in [5.74, 6) is 0.202.